The Kier molecular flexibility index (Phi) is 3.21. The van der Waals surface area contributed by atoms with E-state index in [-0.39, 0.29) is 5.97 Å². The van der Waals surface area contributed by atoms with Gasteiger partial charge in [0.25, 0.3) is 0 Å². The molecule has 0 aliphatic rings. The van der Waals surface area contributed by atoms with E-state index in [4.69, 9.17) is 4.74 Å². The van der Waals surface area contributed by atoms with Gasteiger partial charge in [-0.15, -0.1) is 0 Å². The zero-order valence-electron chi connectivity index (χ0n) is 11.2. The second kappa shape index (κ2) is 5.17. The van der Waals surface area contributed by atoms with Crippen molar-refractivity contribution in [1.82, 2.24) is 0 Å². The Balaban J connectivity index is 2.24. The quantitative estimate of drug-likeness (QED) is 0.504. The van der Waals surface area contributed by atoms with Crippen molar-refractivity contribution in [2.24, 2.45) is 0 Å². The number of hydrogen-bond acceptors (Lipinski definition) is 2. The summed E-state index contributed by atoms with van der Waals surface area (Å²) in [6, 6.07) is 22.0. The average molecular weight is 262 g/mol. The van der Waals surface area contributed by atoms with E-state index >= 15 is 0 Å². The summed E-state index contributed by atoms with van der Waals surface area (Å²) in [5, 5.41) is 2.03. The number of benzene rings is 3. The van der Waals surface area contributed by atoms with Gasteiger partial charge in [0.15, 0.2) is 0 Å². The lowest BCUT2D eigenvalue weighted by Gasteiger charge is -2.11. The van der Waals surface area contributed by atoms with Crippen LogP contribution in [-0.4, -0.2) is 5.97 Å². The maximum absolute atomic E-state index is 11.2. The van der Waals surface area contributed by atoms with E-state index in [1.54, 1.807) is 0 Å². The third-order valence-corrected chi connectivity index (χ3v) is 3.22. The predicted molar refractivity (Wildman–Crippen MR) is 80.7 cm³/mol. The van der Waals surface area contributed by atoms with Crippen molar-refractivity contribution in [3.05, 3.63) is 66.7 Å². The molecule has 2 nitrogen and oxygen atoms in total. The van der Waals surface area contributed by atoms with Gasteiger partial charge in [0.05, 0.1) is 0 Å². The minimum absolute atomic E-state index is 0.303. The molecule has 0 aliphatic carbocycles. The van der Waals surface area contributed by atoms with Crippen LogP contribution in [0.15, 0.2) is 66.7 Å². The number of fused-ring (bicyclic) bond motifs is 1. The molecule has 20 heavy (non-hydrogen) atoms. The standard InChI is InChI=1S/C18H14O2/c1-13(19)20-18-12-11-15(14-7-3-2-4-8-14)16-9-5-6-10-17(16)18/h2-12H,1H3. The summed E-state index contributed by atoms with van der Waals surface area (Å²) in [7, 11) is 0. The highest BCUT2D eigenvalue weighted by Crippen LogP contribution is 2.34. The topological polar surface area (TPSA) is 26.3 Å². The van der Waals surface area contributed by atoms with Gasteiger partial charge in [-0.2, -0.15) is 0 Å². The molecule has 0 aliphatic heterocycles. The second-order valence-electron chi connectivity index (χ2n) is 4.62. The van der Waals surface area contributed by atoms with Crippen LogP contribution in [0.5, 0.6) is 5.75 Å². The fourth-order valence-electron chi connectivity index (χ4n) is 2.38. The number of esters is 1. The van der Waals surface area contributed by atoms with Gasteiger partial charge in [0.1, 0.15) is 5.75 Å². The smallest absolute Gasteiger partial charge is 0.308 e. The molecule has 3 aromatic rings. The maximum atomic E-state index is 11.2. The molecule has 0 bridgehead atoms. The van der Waals surface area contributed by atoms with Gasteiger partial charge in [-0.3, -0.25) is 4.79 Å². The highest BCUT2D eigenvalue weighted by atomic mass is 16.5. The van der Waals surface area contributed by atoms with E-state index in [0.29, 0.717) is 5.75 Å². The van der Waals surface area contributed by atoms with E-state index in [0.717, 1.165) is 21.9 Å². The third-order valence-electron chi connectivity index (χ3n) is 3.22. The SMILES string of the molecule is CC(=O)Oc1ccc(-c2ccccc2)c2ccccc12. The van der Waals surface area contributed by atoms with Gasteiger partial charge in [0, 0.05) is 12.3 Å². The molecule has 0 saturated carbocycles. The second-order valence-corrected chi connectivity index (χ2v) is 4.62. The highest BCUT2D eigenvalue weighted by Gasteiger charge is 2.09. The largest absolute Gasteiger partial charge is 0.426 e. The van der Waals surface area contributed by atoms with Gasteiger partial charge in [0.2, 0.25) is 0 Å². The molecule has 0 N–H and O–H groups in total. The first-order chi connectivity index (χ1) is 9.75. The average Bonchev–Trinajstić information content (AvgIpc) is 2.48. The van der Waals surface area contributed by atoms with Crippen LogP contribution in [-0.2, 0) is 4.79 Å². The summed E-state index contributed by atoms with van der Waals surface area (Å²) in [5.41, 5.74) is 2.29. The van der Waals surface area contributed by atoms with Crippen LogP contribution in [0.4, 0.5) is 0 Å². The molecule has 0 aromatic heterocycles. The van der Waals surface area contributed by atoms with Crippen LogP contribution in [0.1, 0.15) is 6.92 Å². The lowest BCUT2D eigenvalue weighted by molar-refractivity contribution is -0.131. The van der Waals surface area contributed by atoms with E-state index in [9.17, 15) is 4.79 Å². The molecular weight excluding hydrogens is 248 g/mol. The molecule has 3 rings (SSSR count). The van der Waals surface area contributed by atoms with Crippen molar-refractivity contribution in [1.29, 1.82) is 0 Å². The molecule has 0 unspecified atom stereocenters. The number of ether oxygens (including phenoxy) is 1. The normalized spacial score (nSPS) is 10.4. The Hall–Kier alpha value is -2.61. The van der Waals surface area contributed by atoms with Crippen LogP contribution in [0.3, 0.4) is 0 Å². The fourth-order valence-corrected chi connectivity index (χ4v) is 2.38. The Labute approximate surface area is 117 Å². The molecular formula is C18H14O2. The summed E-state index contributed by atoms with van der Waals surface area (Å²) in [5.74, 6) is 0.301. The first-order valence-corrected chi connectivity index (χ1v) is 6.51. The molecule has 98 valence electrons. The molecule has 3 aromatic carbocycles. The van der Waals surface area contributed by atoms with Gasteiger partial charge < -0.3 is 4.74 Å². The number of rotatable bonds is 2. The summed E-state index contributed by atoms with van der Waals surface area (Å²) < 4.78 is 5.28. The minimum Gasteiger partial charge on any atom is -0.426 e. The van der Waals surface area contributed by atoms with Crippen molar-refractivity contribution in [3.63, 3.8) is 0 Å². The molecule has 0 spiro atoms. The Bertz CT molecular complexity index is 761. The van der Waals surface area contributed by atoms with Crippen molar-refractivity contribution >= 4 is 16.7 Å². The monoisotopic (exact) mass is 262 g/mol. The highest BCUT2D eigenvalue weighted by molar-refractivity contribution is 6.00. The molecule has 0 radical (unpaired) electrons. The van der Waals surface area contributed by atoms with Crippen molar-refractivity contribution in [3.8, 4) is 16.9 Å². The van der Waals surface area contributed by atoms with E-state index in [2.05, 4.69) is 12.1 Å². The first-order valence-electron chi connectivity index (χ1n) is 6.51. The van der Waals surface area contributed by atoms with Crippen molar-refractivity contribution < 1.29 is 9.53 Å². The summed E-state index contributed by atoms with van der Waals surface area (Å²) in [6.07, 6.45) is 0. The van der Waals surface area contributed by atoms with E-state index in [1.165, 1.54) is 6.92 Å². The van der Waals surface area contributed by atoms with Gasteiger partial charge in [-0.1, -0.05) is 60.7 Å². The Morgan fingerprint density at radius 1 is 0.800 bits per heavy atom. The van der Waals surface area contributed by atoms with E-state index in [1.807, 2.05) is 54.6 Å². The van der Waals surface area contributed by atoms with Crippen LogP contribution in [0, 0.1) is 0 Å². The molecule has 0 heterocycles. The van der Waals surface area contributed by atoms with Crippen LogP contribution in [0.25, 0.3) is 21.9 Å². The van der Waals surface area contributed by atoms with E-state index < -0.39 is 0 Å². The number of carbonyl (C=O) groups is 1. The molecule has 0 atom stereocenters. The summed E-state index contributed by atoms with van der Waals surface area (Å²) in [6.45, 7) is 1.42. The summed E-state index contributed by atoms with van der Waals surface area (Å²) in [4.78, 5) is 11.2. The van der Waals surface area contributed by atoms with Gasteiger partial charge in [-0.05, 0) is 22.6 Å². The van der Waals surface area contributed by atoms with Crippen molar-refractivity contribution in [2.75, 3.05) is 0 Å². The molecule has 0 fully saturated rings. The minimum atomic E-state index is -0.303. The summed E-state index contributed by atoms with van der Waals surface area (Å²) >= 11 is 0. The molecule has 0 saturated heterocycles. The zero-order valence-corrected chi connectivity index (χ0v) is 11.2. The van der Waals surface area contributed by atoms with Gasteiger partial charge >= 0.3 is 5.97 Å². The van der Waals surface area contributed by atoms with Crippen LogP contribution >= 0.6 is 0 Å². The van der Waals surface area contributed by atoms with Crippen LogP contribution < -0.4 is 4.74 Å². The Morgan fingerprint density at radius 3 is 2.15 bits per heavy atom. The maximum Gasteiger partial charge on any atom is 0.308 e. The predicted octanol–water partition coefficient (Wildman–Crippen LogP) is 4.43. The Morgan fingerprint density at radius 2 is 1.45 bits per heavy atom. The molecule has 2 heteroatoms. The first kappa shape index (κ1) is 12.4. The number of carbonyl (C=O) groups excluding carboxylic acids is 1. The third kappa shape index (κ3) is 2.28. The zero-order chi connectivity index (χ0) is 13.9. The lowest BCUT2D eigenvalue weighted by atomic mass is 9.98. The van der Waals surface area contributed by atoms with Crippen LogP contribution in [0.2, 0.25) is 0 Å². The lowest BCUT2D eigenvalue weighted by Crippen LogP contribution is -2.01. The fraction of sp³-hybridized carbons (Fsp3) is 0.0556. The van der Waals surface area contributed by atoms with Gasteiger partial charge in [-0.25, -0.2) is 0 Å². The number of hydrogen-bond donors (Lipinski definition) is 0. The van der Waals surface area contributed by atoms with Crippen molar-refractivity contribution in [2.45, 2.75) is 6.92 Å². The molecule has 0 amide bonds.